The third-order valence-electron chi connectivity index (χ3n) is 5.37. The van der Waals surface area contributed by atoms with Crippen LogP contribution in [0, 0.1) is 13.8 Å². The number of carbonyl (C=O) groups is 1. The molecule has 2 aromatic rings. The lowest BCUT2D eigenvalue weighted by Gasteiger charge is -2.20. The Morgan fingerprint density at radius 3 is 2.21 bits per heavy atom. The van der Waals surface area contributed by atoms with Crippen LogP contribution in [-0.2, 0) is 22.9 Å². The van der Waals surface area contributed by atoms with Gasteiger partial charge in [-0.1, -0.05) is 0 Å². The molecule has 0 saturated carbocycles. The van der Waals surface area contributed by atoms with Gasteiger partial charge in [0.05, 0.1) is 4.75 Å². The van der Waals surface area contributed by atoms with Crippen molar-refractivity contribution in [3.63, 3.8) is 0 Å². The Morgan fingerprint density at radius 2 is 1.61 bits per heavy atom. The normalized spacial score (nSPS) is 13.9. The number of nitrogens with one attached hydrogen (secondary N) is 2. The van der Waals surface area contributed by atoms with Crippen LogP contribution < -0.4 is 10.0 Å². The van der Waals surface area contributed by atoms with Crippen LogP contribution >= 0.6 is 0 Å². The predicted molar refractivity (Wildman–Crippen MR) is 115 cm³/mol. The number of aryl methyl sites for hydroxylation is 1. The number of carbonyl (C=O) groups excluding carboxylic acids is 1. The van der Waals surface area contributed by atoms with E-state index in [-0.39, 0.29) is 5.91 Å². The molecule has 1 aliphatic rings. The molecule has 0 saturated heterocycles. The van der Waals surface area contributed by atoms with Crippen LogP contribution in [0.3, 0.4) is 0 Å². The van der Waals surface area contributed by atoms with Crippen LogP contribution in [0.15, 0.2) is 30.3 Å². The molecular formula is C22H28N2O3S. The maximum Gasteiger partial charge on any atom is 0.255 e. The topological polar surface area (TPSA) is 75.3 Å². The predicted octanol–water partition coefficient (Wildman–Crippen LogP) is 4.58. The summed E-state index contributed by atoms with van der Waals surface area (Å²) in [6.07, 6.45) is 3.34. The second-order valence-corrected chi connectivity index (χ2v) is 10.9. The molecule has 150 valence electrons. The molecule has 0 bridgehead atoms. The Morgan fingerprint density at radius 1 is 1.00 bits per heavy atom. The molecular weight excluding hydrogens is 372 g/mol. The summed E-state index contributed by atoms with van der Waals surface area (Å²) in [4.78, 5) is 12.7. The Labute approximate surface area is 167 Å². The average molecular weight is 401 g/mol. The summed E-state index contributed by atoms with van der Waals surface area (Å²) >= 11 is 0. The summed E-state index contributed by atoms with van der Waals surface area (Å²) in [5.74, 6) is -0.203. The van der Waals surface area contributed by atoms with Crippen molar-refractivity contribution in [2.45, 2.75) is 58.6 Å². The maximum absolute atomic E-state index is 12.7. The van der Waals surface area contributed by atoms with Gasteiger partial charge in [0.25, 0.3) is 5.91 Å². The van der Waals surface area contributed by atoms with Crippen LogP contribution in [0.5, 0.6) is 0 Å². The lowest BCUT2D eigenvalue weighted by atomic mass is 9.97. The zero-order valence-electron chi connectivity index (χ0n) is 17.1. The van der Waals surface area contributed by atoms with E-state index in [1.54, 1.807) is 45.0 Å². The highest BCUT2D eigenvalue weighted by Gasteiger charge is 2.28. The molecule has 28 heavy (non-hydrogen) atoms. The third-order valence-corrected chi connectivity index (χ3v) is 7.48. The number of hydrogen-bond acceptors (Lipinski definition) is 3. The Bertz CT molecular complexity index is 1020. The van der Waals surface area contributed by atoms with Crippen molar-refractivity contribution in [1.82, 2.24) is 0 Å². The number of benzene rings is 2. The second kappa shape index (κ2) is 7.24. The standard InChI is InChI=1S/C22H28N2O3S/c1-14-13-20(15(2)19-8-6-7-18(14)19)23-21(25)16-9-11-17(12-10-16)24-28(26,27)22(3,4)5/h9-13,24H,6-8H2,1-5H3,(H,23,25). The molecule has 5 nitrogen and oxygen atoms in total. The van der Waals surface area contributed by atoms with Gasteiger partial charge in [-0.15, -0.1) is 0 Å². The molecule has 2 N–H and O–H groups in total. The van der Waals surface area contributed by atoms with Gasteiger partial charge in [0.2, 0.25) is 10.0 Å². The summed E-state index contributed by atoms with van der Waals surface area (Å²) in [5.41, 5.74) is 6.92. The first-order valence-corrected chi connectivity index (χ1v) is 11.0. The number of sulfonamides is 1. The minimum absolute atomic E-state index is 0.203. The van der Waals surface area contributed by atoms with Gasteiger partial charge < -0.3 is 5.32 Å². The van der Waals surface area contributed by atoms with Crippen LogP contribution in [0.4, 0.5) is 11.4 Å². The zero-order valence-corrected chi connectivity index (χ0v) is 18.0. The van der Waals surface area contributed by atoms with Crippen LogP contribution in [0.25, 0.3) is 0 Å². The highest BCUT2D eigenvalue weighted by atomic mass is 32.2. The van der Waals surface area contributed by atoms with Crippen molar-refractivity contribution in [2.24, 2.45) is 0 Å². The SMILES string of the molecule is Cc1cc(NC(=O)c2ccc(NS(=O)(=O)C(C)(C)C)cc2)c(C)c2c1CCC2. The minimum atomic E-state index is -3.50. The number of rotatable bonds is 4. The van der Waals surface area contributed by atoms with E-state index in [4.69, 9.17) is 0 Å². The average Bonchev–Trinajstić information content (AvgIpc) is 3.09. The van der Waals surface area contributed by atoms with Crippen molar-refractivity contribution in [3.8, 4) is 0 Å². The van der Waals surface area contributed by atoms with Gasteiger partial charge in [-0.05, 0) is 106 Å². The highest BCUT2D eigenvalue weighted by molar-refractivity contribution is 7.94. The van der Waals surface area contributed by atoms with Crippen molar-refractivity contribution < 1.29 is 13.2 Å². The first-order valence-electron chi connectivity index (χ1n) is 9.55. The van der Waals surface area contributed by atoms with Gasteiger partial charge in [-0.25, -0.2) is 8.42 Å². The van der Waals surface area contributed by atoms with E-state index >= 15 is 0 Å². The largest absolute Gasteiger partial charge is 0.322 e. The van der Waals surface area contributed by atoms with Gasteiger partial charge in [-0.2, -0.15) is 0 Å². The number of fused-ring (bicyclic) bond motifs is 1. The lowest BCUT2D eigenvalue weighted by Crippen LogP contribution is -2.33. The van der Waals surface area contributed by atoms with Gasteiger partial charge in [0.1, 0.15) is 0 Å². The van der Waals surface area contributed by atoms with Crippen LogP contribution in [0.2, 0.25) is 0 Å². The lowest BCUT2D eigenvalue weighted by molar-refractivity contribution is 0.102. The molecule has 0 fully saturated rings. The summed E-state index contributed by atoms with van der Waals surface area (Å²) in [7, 11) is -3.50. The molecule has 0 aromatic heterocycles. The molecule has 6 heteroatoms. The zero-order chi connectivity index (χ0) is 20.7. The molecule has 2 aromatic carbocycles. The maximum atomic E-state index is 12.7. The van der Waals surface area contributed by atoms with Gasteiger partial charge >= 0.3 is 0 Å². The first-order chi connectivity index (χ1) is 13.0. The smallest absolute Gasteiger partial charge is 0.255 e. The van der Waals surface area contributed by atoms with Crippen molar-refractivity contribution in [2.75, 3.05) is 10.0 Å². The molecule has 1 amide bonds. The van der Waals surface area contributed by atoms with E-state index < -0.39 is 14.8 Å². The number of amides is 1. The third kappa shape index (κ3) is 3.92. The molecule has 3 rings (SSSR count). The summed E-state index contributed by atoms with van der Waals surface area (Å²) in [5, 5.41) is 3.01. The fraction of sp³-hybridized carbons (Fsp3) is 0.409. The summed E-state index contributed by atoms with van der Waals surface area (Å²) in [6, 6.07) is 8.53. The fourth-order valence-corrected chi connectivity index (χ4v) is 4.24. The summed E-state index contributed by atoms with van der Waals surface area (Å²) < 4.78 is 26.2. The highest BCUT2D eigenvalue weighted by Crippen LogP contribution is 2.33. The Kier molecular flexibility index (Phi) is 5.28. The number of hydrogen-bond donors (Lipinski definition) is 2. The molecule has 0 unspecified atom stereocenters. The molecule has 0 spiro atoms. The van der Waals surface area contributed by atoms with Crippen LogP contribution in [-0.4, -0.2) is 19.1 Å². The Balaban J connectivity index is 1.77. The number of anilines is 2. The van der Waals surface area contributed by atoms with Crippen molar-refractivity contribution in [3.05, 3.63) is 58.1 Å². The van der Waals surface area contributed by atoms with Gasteiger partial charge in [0, 0.05) is 16.9 Å². The quantitative estimate of drug-likeness (QED) is 0.788. The van der Waals surface area contributed by atoms with E-state index in [0.29, 0.717) is 11.3 Å². The fourth-order valence-electron chi connectivity index (χ4n) is 3.49. The molecule has 0 radical (unpaired) electrons. The second-order valence-electron chi connectivity index (χ2n) is 8.43. The molecule has 0 atom stereocenters. The molecule has 0 aliphatic heterocycles. The Hall–Kier alpha value is -2.34. The van der Waals surface area contributed by atoms with Crippen molar-refractivity contribution >= 4 is 27.3 Å². The molecule has 0 heterocycles. The first kappa shape index (κ1) is 20.4. The summed E-state index contributed by atoms with van der Waals surface area (Å²) in [6.45, 7) is 9.06. The van der Waals surface area contributed by atoms with E-state index in [1.807, 2.05) is 6.07 Å². The van der Waals surface area contributed by atoms with E-state index in [1.165, 1.54) is 23.1 Å². The van der Waals surface area contributed by atoms with E-state index in [9.17, 15) is 13.2 Å². The van der Waals surface area contributed by atoms with Crippen molar-refractivity contribution in [1.29, 1.82) is 0 Å². The van der Waals surface area contributed by atoms with Gasteiger partial charge in [-0.3, -0.25) is 9.52 Å². The van der Waals surface area contributed by atoms with Gasteiger partial charge in [0.15, 0.2) is 0 Å². The van der Waals surface area contributed by atoms with E-state index in [2.05, 4.69) is 23.9 Å². The monoisotopic (exact) mass is 400 g/mol. The minimum Gasteiger partial charge on any atom is -0.322 e. The van der Waals surface area contributed by atoms with Crippen LogP contribution in [0.1, 0.15) is 59.8 Å². The molecule has 1 aliphatic carbocycles. The van der Waals surface area contributed by atoms with E-state index in [0.717, 1.165) is 24.1 Å².